The van der Waals surface area contributed by atoms with Gasteiger partial charge in [0.15, 0.2) is 0 Å². The van der Waals surface area contributed by atoms with Gasteiger partial charge in [-0.25, -0.2) is 4.98 Å². The normalized spacial score (nSPS) is 14.7. The summed E-state index contributed by atoms with van der Waals surface area (Å²) in [5.74, 6) is 0.689. The van der Waals surface area contributed by atoms with Crippen molar-refractivity contribution in [2.75, 3.05) is 17.2 Å². The number of aromatic nitrogens is 2. The number of para-hydroxylation sites is 1. The maximum Gasteiger partial charge on any atom is 0.258 e. The summed E-state index contributed by atoms with van der Waals surface area (Å²) in [6, 6.07) is 13.4. The number of hydrogen-bond acceptors (Lipinski definition) is 4. The van der Waals surface area contributed by atoms with E-state index in [-0.39, 0.29) is 24.0 Å². The molecule has 6 heteroatoms. The fraction of sp³-hybridized carbons (Fsp3) is 0.263. The standard InChI is InChI=1S/C19H20N4O.ClH/c1-12(18-21-16-9-3-2-6-14(16)19(24)22-18)23-11-5-7-13-15(20)8-4-10-17(13)23;/h2-4,6,8-10,12H,5,7,11,20H2,1H3,(H,21,22,24);1H. The van der Waals surface area contributed by atoms with E-state index in [2.05, 4.69) is 27.9 Å². The van der Waals surface area contributed by atoms with Gasteiger partial charge in [-0.3, -0.25) is 4.79 Å². The molecule has 1 aliphatic heterocycles. The van der Waals surface area contributed by atoms with Crippen LogP contribution in [0.2, 0.25) is 0 Å². The highest BCUT2D eigenvalue weighted by Gasteiger charge is 2.25. The van der Waals surface area contributed by atoms with E-state index in [0.717, 1.165) is 36.3 Å². The minimum Gasteiger partial charge on any atom is -0.398 e. The van der Waals surface area contributed by atoms with E-state index in [4.69, 9.17) is 5.73 Å². The maximum absolute atomic E-state index is 12.4. The summed E-state index contributed by atoms with van der Waals surface area (Å²) >= 11 is 0. The number of hydrogen-bond donors (Lipinski definition) is 2. The molecule has 5 nitrogen and oxygen atoms in total. The average molecular weight is 357 g/mol. The van der Waals surface area contributed by atoms with Gasteiger partial charge in [-0.2, -0.15) is 0 Å². The first kappa shape index (κ1) is 17.3. The SMILES string of the molecule is CC(c1nc2ccccc2c(=O)[nH]1)N1CCCc2c(N)cccc21.Cl. The number of nitrogens with one attached hydrogen (secondary N) is 1. The summed E-state index contributed by atoms with van der Waals surface area (Å²) in [7, 11) is 0. The molecule has 0 radical (unpaired) electrons. The third-order valence-corrected chi connectivity index (χ3v) is 4.82. The van der Waals surface area contributed by atoms with Crippen molar-refractivity contribution in [3.63, 3.8) is 0 Å². The highest BCUT2D eigenvalue weighted by Crippen LogP contribution is 2.35. The Kier molecular flexibility index (Phi) is 4.68. The van der Waals surface area contributed by atoms with Crippen LogP contribution >= 0.6 is 12.4 Å². The Labute approximate surface area is 152 Å². The van der Waals surface area contributed by atoms with E-state index in [0.29, 0.717) is 11.2 Å². The van der Waals surface area contributed by atoms with Crippen LogP contribution in [0, 0.1) is 0 Å². The summed E-state index contributed by atoms with van der Waals surface area (Å²) in [6.45, 7) is 3.00. The van der Waals surface area contributed by atoms with Gasteiger partial charge in [0.25, 0.3) is 5.56 Å². The van der Waals surface area contributed by atoms with Crippen molar-refractivity contribution in [2.24, 2.45) is 0 Å². The van der Waals surface area contributed by atoms with Gasteiger partial charge < -0.3 is 15.6 Å². The molecule has 3 N–H and O–H groups in total. The van der Waals surface area contributed by atoms with E-state index < -0.39 is 0 Å². The summed E-state index contributed by atoms with van der Waals surface area (Å²) in [4.78, 5) is 22.3. The molecule has 0 saturated carbocycles. The first-order valence-corrected chi connectivity index (χ1v) is 8.28. The zero-order valence-electron chi connectivity index (χ0n) is 14.0. The molecule has 3 aromatic rings. The Morgan fingerprint density at radius 3 is 2.84 bits per heavy atom. The Hall–Kier alpha value is -2.53. The molecule has 0 fully saturated rings. The van der Waals surface area contributed by atoms with Gasteiger partial charge in [0, 0.05) is 17.9 Å². The first-order valence-electron chi connectivity index (χ1n) is 8.28. The highest BCUT2D eigenvalue weighted by molar-refractivity contribution is 5.85. The summed E-state index contributed by atoms with van der Waals surface area (Å²) in [6.07, 6.45) is 2.04. The third kappa shape index (κ3) is 2.96. The minimum absolute atomic E-state index is 0. The summed E-state index contributed by atoms with van der Waals surface area (Å²) < 4.78 is 0. The van der Waals surface area contributed by atoms with Crippen molar-refractivity contribution >= 4 is 34.7 Å². The van der Waals surface area contributed by atoms with Crippen molar-refractivity contribution in [3.8, 4) is 0 Å². The van der Waals surface area contributed by atoms with E-state index in [9.17, 15) is 4.79 Å². The number of benzene rings is 2. The predicted octanol–water partition coefficient (Wildman–Crippen LogP) is 3.44. The molecule has 0 saturated heterocycles. The second-order valence-electron chi connectivity index (χ2n) is 6.29. The van der Waals surface area contributed by atoms with Crippen LogP contribution in [0.5, 0.6) is 0 Å². The average Bonchev–Trinajstić information content (AvgIpc) is 2.61. The lowest BCUT2D eigenvalue weighted by atomic mass is 9.98. The lowest BCUT2D eigenvalue weighted by molar-refractivity contribution is 0.592. The smallest absolute Gasteiger partial charge is 0.258 e. The Balaban J connectivity index is 0.00000182. The maximum atomic E-state index is 12.4. The molecule has 2 heterocycles. The molecule has 1 aromatic heterocycles. The van der Waals surface area contributed by atoms with Gasteiger partial charge in [0.05, 0.1) is 16.9 Å². The molecule has 0 aliphatic carbocycles. The zero-order valence-corrected chi connectivity index (χ0v) is 14.8. The topological polar surface area (TPSA) is 75.0 Å². The predicted molar refractivity (Wildman–Crippen MR) is 105 cm³/mol. The van der Waals surface area contributed by atoms with Crippen molar-refractivity contribution in [1.82, 2.24) is 9.97 Å². The van der Waals surface area contributed by atoms with E-state index in [1.165, 1.54) is 5.56 Å². The van der Waals surface area contributed by atoms with Gasteiger partial charge in [0.1, 0.15) is 5.82 Å². The second-order valence-corrected chi connectivity index (χ2v) is 6.29. The van der Waals surface area contributed by atoms with Crippen molar-refractivity contribution in [2.45, 2.75) is 25.8 Å². The van der Waals surface area contributed by atoms with E-state index >= 15 is 0 Å². The van der Waals surface area contributed by atoms with Gasteiger partial charge in [-0.05, 0) is 49.6 Å². The van der Waals surface area contributed by atoms with Crippen molar-refractivity contribution in [3.05, 3.63) is 64.2 Å². The number of aromatic amines is 1. The van der Waals surface area contributed by atoms with Crippen LogP contribution in [0.3, 0.4) is 0 Å². The number of rotatable bonds is 2. The molecule has 1 unspecified atom stereocenters. The summed E-state index contributed by atoms with van der Waals surface area (Å²) in [5, 5.41) is 0.622. The molecule has 130 valence electrons. The fourth-order valence-electron chi connectivity index (χ4n) is 3.53. The quantitative estimate of drug-likeness (QED) is 0.690. The number of anilines is 2. The van der Waals surface area contributed by atoms with Gasteiger partial charge >= 0.3 is 0 Å². The number of nitrogen functional groups attached to an aromatic ring is 1. The molecule has 25 heavy (non-hydrogen) atoms. The molecular weight excluding hydrogens is 336 g/mol. The number of nitrogens with zero attached hydrogens (tertiary/aromatic N) is 2. The number of nitrogens with two attached hydrogens (primary N) is 1. The third-order valence-electron chi connectivity index (χ3n) is 4.82. The summed E-state index contributed by atoms with van der Waals surface area (Å²) in [5.41, 5.74) is 9.95. The van der Waals surface area contributed by atoms with Crippen LogP contribution in [0.25, 0.3) is 10.9 Å². The highest BCUT2D eigenvalue weighted by atomic mass is 35.5. The number of fused-ring (bicyclic) bond motifs is 2. The number of halogens is 1. The Bertz CT molecular complexity index is 969. The van der Waals surface area contributed by atoms with Crippen LogP contribution in [-0.4, -0.2) is 16.5 Å². The molecule has 2 aromatic carbocycles. The van der Waals surface area contributed by atoms with Gasteiger partial charge in [-0.15, -0.1) is 12.4 Å². The van der Waals surface area contributed by atoms with Crippen molar-refractivity contribution in [1.29, 1.82) is 0 Å². The Morgan fingerprint density at radius 1 is 1.20 bits per heavy atom. The molecular formula is C19H21ClN4O. The fourth-order valence-corrected chi connectivity index (χ4v) is 3.53. The number of H-pyrrole nitrogens is 1. The second kappa shape index (κ2) is 6.76. The molecule has 1 atom stereocenters. The van der Waals surface area contributed by atoms with E-state index in [1.807, 2.05) is 30.3 Å². The molecule has 0 spiro atoms. The van der Waals surface area contributed by atoms with Crippen LogP contribution in [0.1, 0.15) is 30.8 Å². The van der Waals surface area contributed by atoms with Gasteiger partial charge in [0.2, 0.25) is 0 Å². The monoisotopic (exact) mass is 356 g/mol. The van der Waals surface area contributed by atoms with Crippen LogP contribution in [0.15, 0.2) is 47.3 Å². The molecule has 4 rings (SSSR count). The van der Waals surface area contributed by atoms with Crippen molar-refractivity contribution < 1.29 is 0 Å². The Morgan fingerprint density at radius 2 is 2.00 bits per heavy atom. The molecule has 1 aliphatic rings. The van der Waals surface area contributed by atoms with Crippen LogP contribution in [-0.2, 0) is 6.42 Å². The largest absolute Gasteiger partial charge is 0.398 e. The zero-order chi connectivity index (χ0) is 16.7. The molecule has 0 amide bonds. The lowest BCUT2D eigenvalue weighted by Gasteiger charge is -2.36. The van der Waals surface area contributed by atoms with E-state index in [1.54, 1.807) is 6.07 Å². The van der Waals surface area contributed by atoms with Crippen LogP contribution < -0.4 is 16.2 Å². The minimum atomic E-state index is -0.0905. The molecule has 0 bridgehead atoms. The lowest BCUT2D eigenvalue weighted by Crippen LogP contribution is -2.34. The van der Waals surface area contributed by atoms with Gasteiger partial charge in [-0.1, -0.05) is 18.2 Å². The van der Waals surface area contributed by atoms with Crippen LogP contribution in [0.4, 0.5) is 11.4 Å². The first-order chi connectivity index (χ1) is 11.6.